The average Bonchev–Trinajstić information content (AvgIpc) is 2.33. The third-order valence-corrected chi connectivity index (χ3v) is 2.76. The Kier molecular flexibility index (Phi) is 4.02. The summed E-state index contributed by atoms with van der Waals surface area (Å²) < 4.78 is 44.5. The fraction of sp³-hybridized carbons (Fsp3) is 0.500. The molecular weight excluding hydrogens is 231 g/mol. The van der Waals surface area contributed by atoms with Crippen LogP contribution in [0.4, 0.5) is 13.2 Å². The Hall–Kier alpha value is -1.07. The molecule has 1 aliphatic heterocycles. The summed E-state index contributed by atoms with van der Waals surface area (Å²) >= 11 is 0. The molecule has 1 aromatic rings. The molecule has 0 saturated carbocycles. The van der Waals surface area contributed by atoms with E-state index in [4.69, 9.17) is 4.74 Å². The van der Waals surface area contributed by atoms with Gasteiger partial charge in [-0.2, -0.15) is 0 Å². The van der Waals surface area contributed by atoms with Gasteiger partial charge in [0.05, 0.1) is 12.7 Å². The van der Waals surface area contributed by atoms with Crippen molar-refractivity contribution in [2.24, 2.45) is 0 Å². The highest BCUT2D eigenvalue weighted by Gasteiger charge is 2.16. The van der Waals surface area contributed by atoms with Gasteiger partial charge in [-0.25, -0.2) is 18.5 Å². The van der Waals surface area contributed by atoms with Crippen molar-refractivity contribution in [2.75, 3.05) is 13.1 Å². The summed E-state index contributed by atoms with van der Waals surface area (Å²) in [6, 6.07) is 1.49. The fourth-order valence-corrected chi connectivity index (χ4v) is 1.82. The minimum absolute atomic E-state index is 0.00164. The lowest BCUT2D eigenvalue weighted by Crippen LogP contribution is -2.28. The van der Waals surface area contributed by atoms with E-state index in [1.54, 1.807) is 0 Å². The molecule has 2 rings (SSSR count). The molecule has 1 radical (unpaired) electrons. The van der Waals surface area contributed by atoms with Crippen LogP contribution in [-0.4, -0.2) is 19.2 Å². The third-order valence-electron chi connectivity index (χ3n) is 2.76. The first-order valence-corrected chi connectivity index (χ1v) is 5.55. The normalized spacial score (nSPS) is 17.4. The van der Waals surface area contributed by atoms with Crippen LogP contribution in [0.2, 0.25) is 0 Å². The summed E-state index contributed by atoms with van der Waals surface area (Å²) in [5.74, 6) is -3.00. The highest BCUT2D eigenvalue weighted by molar-refractivity contribution is 5.19. The van der Waals surface area contributed by atoms with E-state index < -0.39 is 17.5 Å². The second kappa shape index (κ2) is 5.51. The van der Waals surface area contributed by atoms with Crippen LogP contribution >= 0.6 is 0 Å². The topological polar surface area (TPSA) is 23.3 Å². The zero-order chi connectivity index (χ0) is 12.3. The van der Waals surface area contributed by atoms with Crippen molar-refractivity contribution in [2.45, 2.75) is 25.6 Å². The van der Waals surface area contributed by atoms with Crippen LogP contribution in [0.5, 0.6) is 0 Å². The number of halogens is 3. The van der Waals surface area contributed by atoms with Gasteiger partial charge in [0.25, 0.3) is 0 Å². The van der Waals surface area contributed by atoms with Crippen LogP contribution in [0.15, 0.2) is 12.1 Å². The second-order valence-corrected chi connectivity index (χ2v) is 4.04. The van der Waals surface area contributed by atoms with Crippen molar-refractivity contribution < 1.29 is 17.9 Å². The largest absolute Gasteiger partial charge is 0.373 e. The highest BCUT2D eigenvalue weighted by atomic mass is 19.2. The molecule has 1 saturated heterocycles. The summed E-state index contributed by atoms with van der Waals surface area (Å²) in [4.78, 5) is 0. The van der Waals surface area contributed by atoms with Crippen molar-refractivity contribution in [3.63, 3.8) is 0 Å². The summed E-state index contributed by atoms with van der Waals surface area (Å²) in [5, 5.41) is 4.15. The van der Waals surface area contributed by atoms with Crippen LogP contribution in [-0.2, 0) is 11.3 Å². The van der Waals surface area contributed by atoms with Crippen molar-refractivity contribution in [3.8, 4) is 0 Å². The van der Waals surface area contributed by atoms with Gasteiger partial charge in [0.15, 0.2) is 11.6 Å². The molecule has 5 heteroatoms. The van der Waals surface area contributed by atoms with E-state index in [0.29, 0.717) is 6.07 Å². The molecule has 0 amide bonds. The maximum atomic E-state index is 13.3. The molecule has 1 aliphatic rings. The van der Waals surface area contributed by atoms with Gasteiger partial charge in [-0.3, -0.25) is 0 Å². The van der Waals surface area contributed by atoms with Gasteiger partial charge in [-0.15, -0.1) is 0 Å². The molecule has 0 bridgehead atoms. The second-order valence-electron chi connectivity index (χ2n) is 4.04. The Morgan fingerprint density at radius 2 is 1.88 bits per heavy atom. The Labute approximate surface area is 97.8 Å². The van der Waals surface area contributed by atoms with Gasteiger partial charge in [-0.05, 0) is 18.9 Å². The molecule has 0 atom stereocenters. The van der Waals surface area contributed by atoms with Crippen LogP contribution in [0.25, 0.3) is 0 Å². The monoisotopic (exact) mass is 244 g/mol. The van der Waals surface area contributed by atoms with Crippen molar-refractivity contribution >= 4 is 0 Å². The van der Waals surface area contributed by atoms with Crippen molar-refractivity contribution in [3.05, 3.63) is 35.1 Å². The predicted octanol–water partition coefficient (Wildman–Crippen LogP) is 2.39. The van der Waals surface area contributed by atoms with Crippen LogP contribution in [0.1, 0.15) is 18.4 Å². The van der Waals surface area contributed by atoms with Gasteiger partial charge < -0.3 is 4.74 Å². The molecule has 1 fully saturated rings. The van der Waals surface area contributed by atoms with Gasteiger partial charge >= 0.3 is 0 Å². The average molecular weight is 244 g/mol. The highest BCUT2D eigenvalue weighted by Crippen LogP contribution is 2.17. The van der Waals surface area contributed by atoms with E-state index in [1.807, 2.05) is 0 Å². The van der Waals surface area contributed by atoms with E-state index in [1.165, 1.54) is 0 Å². The molecule has 0 N–H and O–H groups in total. The maximum Gasteiger partial charge on any atom is 0.164 e. The Balaban J connectivity index is 1.98. The summed E-state index contributed by atoms with van der Waals surface area (Å²) in [5.41, 5.74) is -0.0787. The molecule has 2 nitrogen and oxygen atoms in total. The first-order chi connectivity index (χ1) is 8.16. The van der Waals surface area contributed by atoms with E-state index in [2.05, 4.69) is 5.32 Å². The van der Waals surface area contributed by atoms with E-state index in [-0.39, 0.29) is 18.3 Å². The number of piperidine rings is 1. The summed E-state index contributed by atoms with van der Waals surface area (Å²) in [6.45, 7) is 1.35. The predicted molar refractivity (Wildman–Crippen MR) is 56.0 cm³/mol. The van der Waals surface area contributed by atoms with Gasteiger partial charge in [-0.1, -0.05) is 0 Å². The number of hydrogen-bond acceptors (Lipinski definition) is 1. The molecular formula is C12H13F3NO. The quantitative estimate of drug-likeness (QED) is 0.749. The number of ether oxygens (including phenoxy) is 1. The number of rotatable bonds is 3. The lowest BCUT2D eigenvalue weighted by atomic mass is 10.1. The Bertz CT molecular complexity index is 392. The smallest absolute Gasteiger partial charge is 0.164 e. The van der Waals surface area contributed by atoms with Gasteiger partial charge in [0.1, 0.15) is 5.82 Å². The molecule has 1 aromatic carbocycles. The molecule has 1 heterocycles. The molecule has 0 unspecified atom stereocenters. The number of nitrogens with zero attached hydrogens (tertiary/aromatic N) is 1. The minimum atomic E-state index is -1.18. The first-order valence-electron chi connectivity index (χ1n) is 5.55. The van der Waals surface area contributed by atoms with E-state index in [0.717, 1.165) is 32.0 Å². The summed E-state index contributed by atoms with van der Waals surface area (Å²) in [6.07, 6.45) is 1.55. The van der Waals surface area contributed by atoms with E-state index >= 15 is 0 Å². The third kappa shape index (κ3) is 3.20. The first kappa shape index (κ1) is 12.4. The minimum Gasteiger partial charge on any atom is -0.373 e. The Morgan fingerprint density at radius 3 is 2.59 bits per heavy atom. The molecule has 0 aromatic heterocycles. The lowest BCUT2D eigenvalue weighted by Gasteiger charge is -2.22. The molecule has 17 heavy (non-hydrogen) atoms. The standard InChI is InChI=1S/C12H13F3NO/c13-9-5-8(12(15)11(14)6-9)7-17-10-1-3-16-4-2-10/h5-6,10H,1-4,7H2. The molecule has 0 aliphatic carbocycles. The molecule has 0 spiro atoms. The molecule has 93 valence electrons. The number of hydrogen-bond donors (Lipinski definition) is 0. The maximum absolute atomic E-state index is 13.3. The summed E-state index contributed by atoms with van der Waals surface area (Å²) in [7, 11) is 0. The zero-order valence-electron chi connectivity index (χ0n) is 9.26. The van der Waals surface area contributed by atoms with Gasteiger partial charge in [0, 0.05) is 24.7 Å². The van der Waals surface area contributed by atoms with E-state index in [9.17, 15) is 13.2 Å². The van der Waals surface area contributed by atoms with Gasteiger partial charge in [0.2, 0.25) is 0 Å². The Morgan fingerprint density at radius 1 is 1.18 bits per heavy atom. The van der Waals surface area contributed by atoms with Crippen LogP contribution in [0.3, 0.4) is 0 Å². The van der Waals surface area contributed by atoms with Crippen molar-refractivity contribution in [1.29, 1.82) is 0 Å². The zero-order valence-corrected chi connectivity index (χ0v) is 9.26. The van der Waals surface area contributed by atoms with Crippen LogP contribution < -0.4 is 5.32 Å². The van der Waals surface area contributed by atoms with Crippen LogP contribution in [0, 0.1) is 17.5 Å². The lowest BCUT2D eigenvalue weighted by molar-refractivity contribution is 0.0190. The number of benzene rings is 1. The SMILES string of the molecule is Fc1cc(F)c(F)c(COC2CC[N]CC2)c1. The van der Waals surface area contributed by atoms with Crippen molar-refractivity contribution in [1.82, 2.24) is 5.32 Å². The fourth-order valence-electron chi connectivity index (χ4n) is 1.82.